The Morgan fingerprint density at radius 3 is 2.00 bits per heavy atom. The number of phenolic OH excluding ortho intramolecular Hbond substituents is 1. The van der Waals surface area contributed by atoms with Gasteiger partial charge in [-0.2, -0.15) is 0 Å². The average Bonchev–Trinajstić information content (AvgIpc) is 2.27. The van der Waals surface area contributed by atoms with Gasteiger partial charge >= 0.3 is 0 Å². The van der Waals surface area contributed by atoms with Gasteiger partial charge in [0, 0.05) is 5.39 Å². The summed E-state index contributed by atoms with van der Waals surface area (Å²) in [6.07, 6.45) is 0. The summed E-state index contributed by atoms with van der Waals surface area (Å²) in [5, 5.41) is 12.4. The van der Waals surface area contributed by atoms with Gasteiger partial charge in [-0.25, -0.2) is 0 Å². The van der Waals surface area contributed by atoms with Crippen molar-refractivity contribution in [1.82, 2.24) is 0 Å². The quantitative estimate of drug-likeness (QED) is 0.700. The minimum absolute atomic E-state index is 0.432. The molecule has 0 aliphatic heterocycles. The zero-order valence-electron chi connectivity index (χ0n) is 10.6. The Hall–Kier alpha value is -1.50. The molecular weight excluding hydrogens is 196 g/mol. The zero-order chi connectivity index (χ0) is 12.0. The molecule has 16 heavy (non-hydrogen) atoms. The standard InChI is InChI=1S/C15H18O/c1-8-6-7-13-14(9(8)2)11(4)10(3)12(5)15(13)16/h6-7,16H,1-5H3. The fraction of sp³-hybridized carbons (Fsp3) is 0.333. The molecule has 2 aromatic rings. The number of rotatable bonds is 0. The predicted octanol–water partition coefficient (Wildman–Crippen LogP) is 4.09. The first-order valence-corrected chi connectivity index (χ1v) is 5.63. The van der Waals surface area contributed by atoms with E-state index < -0.39 is 0 Å². The van der Waals surface area contributed by atoms with E-state index >= 15 is 0 Å². The summed E-state index contributed by atoms with van der Waals surface area (Å²) in [5.41, 5.74) is 6.02. The van der Waals surface area contributed by atoms with Crippen LogP contribution in [0.15, 0.2) is 12.1 Å². The van der Waals surface area contributed by atoms with Crippen molar-refractivity contribution in [2.75, 3.05) is 0 Å². The summed E-state index contributed by atoms with van der Waals surface area (Å²) in [6, 6.07) is 4.10. The van der Waals surface area contributed by atoms with E-state index in [1.807, 2.05) is 13.0 Å². The topological polar surface area (TPSA) is 20.2 Å². The molecule has 2 aromatic carbocycles. The number of hydrogen-bond donors (Lipinski definition) is 1. The molecule has 0 spiro atoms. The molecule has 0 unspecified atom stereocenters. The molecule has 1 heteroatoms. The van der Waals surface area contributed by atoms with E-state index in [2.05, 4.69) is 33.8 Å². The molecule has 2 rings (SSSR count). The zero-order valence-corrected chi connectivity index (χ0v) is 10.6. The molecule has 0 saturated heterocycles. The van der Waals surface area contributed by atoms with E-state index in [9.17, 15) is 5.11 Å². The maximum atomic E-state index is 10.2. The van der Waals surface area contributed by atoms with Gasteiger partial charge in [0.25, 0.3) is 0 Å². The molecule has 1 nitrogen and oxygen atoms in total. The van der Waals surface area contributed by atoms with Gasteiger partial charge in [0.2, 0.25) is 0 Å². The number of benzene rings is 2. The van der Waals surface area contributed by atoms with Crippen molar-refractivity contribution < 1.29 is 5.11 Å². The van der Waals surface area contributed by atoms with Crippen molar-refractivity contribution in [3.05, 3.63) is 39.9 Å². The molecule has 0 aliphatic carbocycles. The smallest absolute Gasteiger partial charge is 0.126 e. The van der Waals surface area contributed by atoms with Crippen LogP contribution in [0.4, 0.5) is 0 Å². The first-order chi connectivity index (χ1) is 7.45. The minimum Gasteiger partial charge on any atom is -0.507 e. The Kier molecular flexibility index (Phi) is 2.42. The Labute approximate surface area is 96.7 Å². The van der Waals surface area contributed by atoms with E-state index in [0.29, 0.717) is 5.75 Å². The van der Waals surface area contributed by atoms with Crippen LogP contribution in [0.5, 0.6) is 5.75 Å². The summed E-state index contributed by atoms with van der Waals surface area (Å²) in [4.78, 5) is 0. The minimum atomic E-state index is 0.432. The first kappa shape index (κ1) is 11.0. The molecule has 0 amide bonds. The van der Waals surface area contributed by atoms with E-state index in [0.717, 1.165) is 10.9 Å². The van der Waals surface area contributed by atoms with Crippen molar-refractivity contribution in [3.63, 3.8) is 0 Å². The third-order valence-electron chi connectivity index (χ3n) is 3.85. The summed E-state index contributed by atoms with van der Waals surface area (Å²) in [7, 11) is 0. The van der Waals surface area contributed by atoms with Crippen molar-refractivity contribution in [1.29, 1.82) is 0 Å². The molecular formula is C15H18O. The molecule has 0 bridgehead atoms. The third-order valence-corrected chi connectivity index (χ3v) is 3.85. The molecule has 0 atom stereocenters. The maximum Gasteiger partial charge on any atom is 0.126 e. The number of aryl methyl sites for hydroxylation is 3. The van der Waals surface area contributed by atoms with Gasteiger partial charge in [0.1, 0.15) is 5.75 Å². The van der Waals surface area contributed by atoms with Gasteiger partial charge in [-0.15, -0.1) is 0 Å². The molecule has 0 fully saturated rings. The van der Waals surface area contributed by atoms with E-state index in [-0.39, 0.29) is 0 Å². The van der Waals surface area contributed by atoms with Gasteiger partial charge in [0.15, 0.2) is 0 Å². The van der Waals surface area contributed by atoms with E-state index in [1.165, 1.54) is 27.6 Å². The highest BCUT2D eigenvalue weighted by atomic mass is 16.3. The van der Waals surface area contributed by atoms with Gasteiger partial charge in [-0.3, -0.25) is 0 Å². The van der Waals surface area contributed by atoms with E-state index in [4.69, 9.17) is 0 Å². The lowest BCUT2D eigenvalue weighted by atomic mass is 9.91. The van der Waals surface area contributed by atoms with Crippen LogP contribution in [-0.4, -0.2) is 5.11 Å². The second kappa shape index (κ2) is 3.51. The van der Waals surface area contributed by atoms with Crippen LogP contribution in [0.3, 0.4) is 0 Å². The molecule has 84 valence electrons. The lowest BCUT2D eigenvalue weighted by Crippen LogP contribution is -1.94. The Bertz CT molecular complexity index is 580. The second-order valence-electron chi connectivity index (χ2n) is 4.65. The van der Waals surface area contributed by atoms with Crippen molar-refractivity contribution in [2.24, 2.45) is 0 Å². The summed E-state index contributed by atoms with van der Waals surface area (Å²) in [6.45, 7) is 10.4. The van der Waals surface area contributed by atoms with Gasteiger partial charge in [-0.05, 0) is 67.8 Å². The summed E-state index contributed by atoms with van der Waals surface area (Å²) < 4.78 is 0. The maximum absolute atomic E-state index is 10.2. The van der Waals surface area contributed by atoms with Crippen LogP contribution in [0.1, 0.15) is 27.8 Å². The SMILES string of the molecule is Cc1ccc2c(O)c(C)c(C)c(C)c2c1C. The predicted molar refractivity (Wildman–Crippen MR) is 69.3 cm³/mol. The summed E-state index contributed by atoms with van der Waals surface area (Å²) in [5.74, 6) is 0.432. The van der Waals surface area contributed by atoms with Crippen molar-refractivity contribution >= 4 is 10.8 Å². The lowest BCUT2D eigenvalue weighted by molar-refractivity contribution is 0.477. The van der Waals surface area contributed by atoms with Crippen LogP contribution < -0.4 is 0 Å². The largest absolute Gasteiger partial charge is 0.507 e. The highest BCUT2D eigenvalue weighted by Crippen LogP contribution is 2.36. The fourth-order valence-corrected chi connectivity index (χ4v) is 2.34. The molecule has 0 radical (unpaired) electrons. The van der Waals surface area contributed by atoms with E-state index in [1.54, 1.807) is 0 Å². The van der Waals surface area contributed by atoms with Crippen LogP contribution in [0, 0.1) is 34.6 Å². The first-order valence-electron chi connectivity index (χ1n) is 5.63. The van der Waals surface area contributed by atoms with Crippen LogP contribution in [0.25, 0.3) is 10.8 Å². The van der Waals surface area contributed by atoms with Crippen molar-refractivity contribution in [3.8, 4) is 5.75 Å². The van der Waals surface area contributed by atoms with Crippen LogP contribution in [-0.2, 0) is 0 Å². The second-order valence-corrected chi connectivity index (χ2v) is 4.65. The molecule has 0 aliphatic rings. The molecule has 0 heterocycles. The summed E-state index contributed by atoms with van der Waals surface area (Å²) >= 11 is 0. The number of phenols is 1. The average molecular weight is 214 g/mol. The molecule has 0 aromatic heterocycles. The lowest BCUT2D eigenvalue weighted by Gasteiger charge is -2.15. The highest BCUT2D eigenvalue weighted by Gasteiger charge is 2.13. The molecule has 1 N–H and O–H groups in total. The van der Waals surface area contributed by atoms with Crippen LogP contribution >= 0.6 is 0 Å². The van der Waals surface area contributed by atoms with Gasteiger partial charge in [0.05, 0.1) is 0 Å². The number of fused-ring (bicyclic) bond motifs is 1. The number of aromatic hydroxyl groups is 1. The Morgan fingerprint density at radius 1 is 0.750 bits per heavy atom. The molecule has 0 saturated carbocycles. The highest BCUT2D eigenvalue weighted by molar-refractivity contribution is 5.96. The van der Waals surface area contributed by atoms with Crippen LogP contribution in [0.2, 0.25) is 0 Å². The van der Waals surface area contributed by atoms with Gasteiger partial charge < -0.3 is 5.11 Å². The van der Waals surface area contributed by atoms with Gasteiger partial charge in [-0.1, -0.05) is 12.1 Å². The number of hydrogen-bond acceptors (Lipinski definition) is 1. The fourth-order valence-electron chi connectivity index (χ4n) is 2.34. The monoisotopic (exact) mass is 214 g/mol. The Balaban J connectivity index is 3.09. The third kappa shape index (κ3) is 1.31. The normalized spacial score (nSPS) is 11.1. The van der Waals surface area contributed by atoms with Crippen molar-refractivity contribution in [2.45, 2.75) is 34.6 Å². The Morgan fingerprint density at radius 2 is 1.38 bits per heavy atom.